The fourth-order valence-corrected chi connectivity index (χ4v) is 7.66. The van der Waals surface area contributed by atoms with Gasteiger partial charge in [0.05, 0.1) is 5.56 Å². The molecule has 3 aliphatic rings. The van der Waals surface area contributed by atoms with Gasteiger partial charge in [-0.05, 0) is 108 Å². The first kappa shape index (κ1) is 30.0. The Labute approximate surface area is 283 Å². The zero-order valence-electron chi connectivity index (χ0n) is 27.8. The lowest BCUT2D eigenvalue weighted by Crippen LogP contribution is -2.00. The number of furan rings is 2. The van der Waals surface area contributed by atoms with Gasteiger partial charge in [-0.1, -0.05) is 116 Å². The highest BCUT2D eigenvalue weighted by Crippen LogP contribution is 2.45. The van der Waals surface area contributed by atoms with Crippen molar-refractivity contribution in [3.63, 3.8) is 0 Å². The summed E-state index contributed by atoms with van der Waals surface area (Å²) in [7, 11) is 0. The molecule has 0 atom stereocenters. The molecule has 0 unspecified atom stereocenters. The third-order valence-electron chi connectivity index (χ3n) is 10.0. The van der Waals surface area contributed by atoms with Gasteiger partial charge in [-0.25, -0.2) is 0 Å². The topological polar surface area (TPSA) is 26.3 Å². The Bertz CT molecular complexity index is 2290. The van der Waals surface area contributed by atoms with Gasteiger partial charge in [0.1, 0.15) is 22.9 Å². The molecule has 0 spiro atoms. The van der Waals surface area contributed by atoms with Gasteiger partial charge < -0.3 is 8.83 Å². The van der Waals surface area contributed by atoms with E-state index in [0.29, 0.717) is 0 Å². The molecule has 3 aliphatic carbocycles. The molecule has 0 radical (unpaired) electrons. The average Bonchev–Trinajstić information content (AvgIpc) is 3.73. The lowest BCUT2D eigenvalue weighted by atomic mass is 9.84. The van der Waals surface area contributed by atoms with E-state index < -0.39 is 0 Å². The van der Waals surface area contributed by atoms with Crippen molar-refractivity contribution in [2.45, 2.75) is 52.4 Å². The Morgan fingerprint density at radius 1 is 0.646 bits per heavy atom. The second-order valence-corrected chi connectivity index (χ2v) is 13.1. The molecule has 236 valence electrons. The Kier molecular flexibility index (Phi) is 7.94. The molecule has 0 saturated heterocycles. The molecule has 2 nitrogen and oxygen atoms in total. The lowest BCUT2D eigenvalue weighted by molar-refractivity contribution is 0.497. The quantitative estimate of drug-likeness (QED) is 0.194. The summed E-state index contributed by atoms with van der Waals surface area (Å²) in [6, 6.07) is 27.9. The second kappa shape index (κ2) is 12.7. The molecule has 8 rings (SSSR count). The summed E-state index contributed by atoms with van der Waals surface area (Å²) in [5.74, 6) is 2.57. The van der Waals surface area contributed by atoms with E-state index in [1.165, 1.54) is 33.2 Å². The van der Waals surface area contributed by atoms with Crippen LogP contribution in [0.2, 0.25) is 0 Å². The maximum Gasteiger partial charge on any atom is 0.145 e. The van der Waals surface area contributed by atoms with E-state index in [1.807, 2.05) is 18.2 Å². The number of para-hydroxylation sites is 1. The van der Waals surface area contributed by atoms with Crippen molar-refractivity contribution in [2.24, 2.45) is 0 Å². The summed E-state index contributed by atoms with van der Waals surface area (Å²) in [5, 5.41) is 3.45. The van der Waals surface area contributed by atoms with Crippen molar-refractivity contribution in [3.05, 3.63) is 172 Å². The fourth-order valence-electron chi connectivity index (χ4n) is 7.66. The van der Waals surface area contributed by atoms with E-state index in [-0.39, 0.29) is 0 Å². The van der Waals surface area contributed by atoms with Crippen LogP contribution in [0.1, 0.15) is 71.4 Å². The van der Waals surface area contributed by atoms with Gasteiger partial charge in [0, 0.05) is 22.9 Å². The minimum absolute atomic E-state index is 0.775. The van der Waals surface area contributed by atoms with Crippen LogP contribution in [0.15, 0.2) is 142 Å². The molecular formula is C46H40O2. The molecule has 48 heavy (non-hydrogen) atoms. The van der Waals surface area contributed by atoms with Crippen molar-refractivity contribution >= 4 is 39.0 Å². The van der Waals surface area contributed by atoms with Crippen LogP contribution in [0.3, 0.4) is 0 Å². The van der Waals surface area contributed by atoms with E-state index in [2.05, 4.69) is 117 Å². The lowest BCUT2D eigenvalue weighted by Gasteiger charge is -2.21. The molecule has 0 aliphatic heterocycles. The van der Waals surface area contributed by atoms with E-state index in [9.17, 15) is 0 Å². The summed E-state index contributed by atoms with van der Waals surface area (Å²) in [6.07, 6.45) is 22.0. The molecule has 2 heteroatoms. The maximum atomic E-state index is 6.80. The van der Waals surface area contributed by atoms with E-state index >= 15 is 0 Å². The largest absolute Gasteiger partial charge is 0.460 e. The smallest absolute Gasteiger partial charge is 0.145 e. The van der Waals surface area contributed by atoms with Gasteiger partial charge in [0.2, 0.25) is 0 Å². The summed E-state index contributed by atoms with van der Waals surface area (Å²) < 4.78 is 13.3. The normalized spacial score (nSPS) is 15.5. The number of benzene rings is 2. The zero-order valence-corrected chi connectivity index (χ0v) is 27.8. The van der Waals surface area contributed by atoms with Gasteiger partial charge in [0.25, 0.3) is 0 Å². The van der Waals surface area contributed by atoms with Gasteiger partial charge >= 0.3 is 0 Å². The predicted octanol–water partition coefficient (Wildman–Crippen LogP) is 13.0. The third-order valence-corrected chi connectivity index (χ3v) is 10.0. The highest BCUT2D eigenvalue weighted by Gasteiger charge is 2.27. The van der Waals surface area contributed by atoms with Crippen molar-refractivity contribution in [1.82, 2.24) is 0 Å². The van der Waals surface area contributed by atoms with E-state index in [0.717, 1.165) is 100.0 Å². The Morgan fingerprint density at radius 2 is 1.35 bits per heavy atom. The van der Waals surface area contributed by atoms with Crippen LogP contribution in [0.5, 0.6) is 0 Å². The highest BCUT2D eigenvalue weighted by atomic mass is 16.4. The third kappa shape index (κ3) is 5.42. The number of aryl methyl sites for hydroxylation is 3. The first-order valence-electron chi connectivity index (χ1n) is 17.2. The molecule has 0 saturated carbocycles. The minimum Gasteiger partial charge on any atom is -0.460 e. The predicted molar refractivity (Wildman–Crippen MR) is 202 cm³/mol. The number of rotatable bonds is 5. The van der Waals surface area contributed by atoms with Gasteiger partial charge in [-0.15, -0.1) is 0 Å². The summed E-state index contributed by atoms with van der Waals surface area (Å²) >= 11 is 0. The molecule has 2 aromatic heterocycles. The van der Waals surface area contributed by atoms with Crippen LogP contribution in [-0.2, 0) is 6.42 Å². The highest BCUT2D eigenvalue weighted by molar-refractivity contribution is 6.04. The van der Waals surface area contributed by atoms with Crippen molar-refractivity contribution in [1.29, 1.82) is 0 Å². The Morgan fingerprint density at radius 3 is 2.15 bits per heavy atom. The van der Waals surface area contributed by atoms with E-state index in [4.69, 9.17) is 15.4 Å². The standard InChI is InChI=1S/C46H40O2/c1-30-15-7-8-16-31(2)44(35-27-25-34(26-28-35)33-17-5-4-6-18-33)38-21-11-10-20-37(38)43(30)32(3)46-45(39-22-12-14-24-41(39)48-46)42-29-36-19-9-13-23-40(36)47-42/h4-5,7-13,15-17,19-23,25,27,29H,3,6,14,18,24,26,28H2,1-2H3. The summed E-state index contributed by atoms with van der Waals surface area (Å²) in [5.41, 5.74) is 12.9. The molecular weight excluding hydrogens is 585 g/mol. The minimum atomic E-state index is 0.775. The number of allylic oxidation sites excluding steroid dienone is 9. The zero-order chi connectivity index (χ0) is 32.6. The Balaban J connectivity index is 1.36. The van der Waals surface area contributed by atoms with Crippen molar-refractivity contribution in [3.8, 4) is 11.3 Å². The first-order valence-corrected chi connectivity index (χ1v) is 17.2. The summed E-state index contributed by atoms with van der Waals surface area (Å²) in [4.78, 5) is 0. The Hall–Kier alpha value is -5.34. The van der Waals surface area contributed by atoms with Crippen LogP contribution in [0.25, 0.3) is 50.3 Å². The fraction of sp³-hybridized carbons (Fsp3) is 0.174. The molecule has 5 aromatic rings. The van der Waals surface area contributed by atoms with Crippen LogP contribution < -0.4 is 0 Å². The van der Waals surface area contributed by atoms with Crippen molar-refractivity contribution in [2.75, 3.05) is 0 Å². The van der Waals surface area contributed by atoms with Crippen molar-refractivity contribution < 1.29 is 8.83 Å². The first-order chi connectivity index (χ1) is 23.6. The monoisotopic (exact) mass is 624 g/mol. The molecule has 0 fully saturated rings. The van der Waals surface area contributed by atoms with Crippen LogP contribution in [0.4, 0.5) is 0 Å². The number of hydrogen-bond donors (Lipinski definition) is 0. The van der Waals surface area contributed by atoms with Crippen LogP contribution >= 0.6 is 0 Å². The maximum absolute atomic E-state index is 6.80. The van der Waals surface area contributed by atoms with Crippen LogP contribution in [-0.4, -0.2) is 0 Å². The van der Waals surface area contributed by atoms with Crippen LogP contribution in [0, 0.1) is 13.8 Å². The van der Waals surface area contributed by atoms with Gasteiger partial charge in [0.15, 0.2) is 0 Å². The molecule has 2 heterocycles. The second-order valence-electron chi connectivity index (χ2n) is 13.1. The molecule has 0 N–H and O–H groups in total. The van der Waals surface area contributed by atoms with Gasteiger partial charge in [-0.3, -0.25) is 0 Å². The number of fused-ring (bicyclic) bond motifs is 3. The summed E-state index contributed by atoms with van der Waals surface area (Å²) in [6.45, 7) is 9.23. The van der Waals surface area contributed by atoms with E-state index in [1.54, 1.807) is 0 Å². The average molecular weight is 625 g/mol. The molecule has 0 bridgehead atoms. The molecule has 3 aromatic carbocycles. The molecule has 0 amide bonds. The number of hydrogen-bond acceptors (Lipinski definition) is 2. The van der Waals surface area contributed by atoms with Gasteiger partial charge in [-0.2, -0.15) is 0 Å². The SMILES string of the molecule is C=C(c1oc2c(c1-c1cc3ccccc3o1)C=CCC2)c1c(C)ccccc(C)c(C2=CC=C(C3=CC=CCC3)CC2)c2ccccc12.